The van der Waals surface area contributed by atoms with E-state index in [1.54, 1.807) is 0 Å². The van der Waals surface area contributed by atoms with Crippen molar-refractivity contribution in [3.8, 4) is 0 Å². The first-order chi connectivity index (χ1) is 12.3. The van der Waals surface area contributed by atoms with Crippen LogP contribution in [-0.4, -0.2) is 50.9 Å². The molecule has 0 amide bonds. The Kier molecular flexibility index (Phi) is 14.6. The molecule has 0 heterocycles. The van der Waals surface area contributed by atoms with E-state index < -0.39 is 12.3 Å². The molecule has 0 spiro atoms. The Labute approximate surface area is 160 Å². The predicted octanol–water partition coefficient (Wildman–Crippen LogP) is 4.53. The number of ether oxygens (including phenoxy) is 5. The fourth-order valence-electron chi connectivity index (χ4n) is 2.35. The van der Waals surface area contributed by atoms with Crippen LogP contribution < -0.4 is 0 Å². The summed E-state index contributed by atoms with van der Waals surface area (Å²) in [6.07, 6.45) is 1.93. The molecule has 157 valence electrons. The maximum Gasteiger partial charge on any atom is 0.283 e. The maximum absolute atomic E-state index is 11.6. The highest BCUT2D eigenvalue weighted by Gasteiger charge is 2.33. The molecular weight excluding hydrogens is 336 g/mol. The molecule has 0 aromatic rings. The van der Waals surface area contributed by atoms with Crippen molar-refractivity contribution in [2.75, 3.05) is 26.4 Å². The van der Waals surface area contributed by atoms with E-state index in [4.69, 9.17) is 23.7 Å². The molecule has 0 aliphatic rings. The summed E-state index contributed by atoms with van der Waals surface area (Å²) in [5.41, 5.74) is 0. The Morgan fingerprint density at radius 1 is 0.923 bits per heavy atom. The average Bonchev–Trinajstić information content (AvgIpc) is 2.55. The van der Waals surface area contributed by atoms with Crippen LogP contribution in [-0.2, 0) is 28.8 Å². The van der Waals surface area contributed by atoms with Gasteiger partial charge in [-0.15, -0.1) is 0 Å². The quantitative estimate of drug-likeness (QED) is 0.275. The van der Waals surface area contributed by atoms with Crippen molar-refractivity contribution in [2.45, 2.75) is 98.6 Å². The third kappa shape index (κ3) is 12.2. The Bertz CT molecular complexity index is 323. The van der Waals surface area contributed by atoms with Crippen LogP contribution in [0.1, 0.15) is 74.1 Å². The average molecular weight is 378 g/mol. The molecule has 1 radical (unpaired) electrons. The molecule has 3 atom stereocenters. The van der Waals surface area contributed by atoms with Gasteiger partial charge < -0.3 is 23.7 Å². The number of hydrogen-bond donors (Lipinski definition) is 0. The Balaban J connectivity index is 4.17. The summed E-state index contributed by atoms with van der Waals surface area (Å²) in [4.78, 5) is 0. The largest absolute Gasteiger partial charge is 0.381 e. The molecule has 0 aliphatic heterocycles. The van der Waals surface area contributed by atoms with E-state index in [1.807, 2.05) is 41.5 Å². The number of rotatable bonds is 17. The molecule has 0 rings (SSSR count). The minimum Gasteiger partial charge on any atom is -0.381 e. The van der Waals surface area contributed by atoms with E-state index >= 15 is 0 Å². The first-order valence-corrected chi connectivity index (χ1v) is 10.1. The van der Waals surface area contributed by atoms with Crippen LogP contribution in [0, 0.1) is 5.92 Å². The third-order valence-corrected chi connectivity index (χ3v) is 3.66. The van der Waals surface area contributed by atoms with Gasteiger partial charge in [0, 0.05) is 32.2 Å². The summed E-state index contributed by atoms with van der Waals surface area (Å²) in [6.45, 7) is 15.9. The molecular formula is C20H41O6. The van der Waals surface area contributed by atoms with E-state index in [-0.39, 0.29) is 18.1 Å². The summed E-state index contributed by atoms with van der Waals surface area (Å²) in [7, 11) is 0. The third-order valence-electron chi connectivity index (χ3n) is 3.66. The van der Waals surface area contributed by atoms with Gasteiger partial charge in [-0.05, 0) is 47.0 Å². The van der Waals surface area contributed by atoms with Crippen LogP contribution in [0.3, 0.4) is 0 Å². The van der Waals surface area contributed by atoms with Gasteiger partial charge in [-0.25, -0.2) is 5.11 Å². The molecule has 0 aromatic carbocycles. The van der Waals surface area contributed by atoms with Gasteiger partial charge in [0.25, 0.3) is 5.97 Å². The van der Waals surface area contributed by atoms with Crippen LogP contribution in [0.25, 0.3) is 0 Å². The molecule has 0 saturated heterocycles. The van der Waals surface area contributed by atoms with Gasteiger partial charge in [-0.1, -0.05) is 20.8 Å². The Hall–Kier alpha value is -0.240. The summed E-state index contributed by atoms with van der Waals surface area (Å²) >= 11 is 0. The van der Waals surface area contributed by atoms with Gasteiger partial charge in [-0.3, -0.25) is 0 Å². The van der Waals surface area contributed by atoms with Crippen LogP contribution >= 0.6 is 0 Å². The fraction of sp³-hybridized carbons (Fsp3) is 1.00. The molecule has 0 bridgehead atoms. The highest BCUT2D eigenvalue weighted by Crippen LogP contribution is 2.24. The second-order valence-electron chi connectivity index (χ2n) is 7.19. The number of hydrogen-bond acceptors (Lipinski definition) is 5. The molecule has 0 fully saturated rings. The normalized spacial score (nSPS) is 16.8. The summed E-state index contributed by atoms with van der Waals surface area (Å²) in [6, 6.07) is 0. The summed E-state index contributed by atoms with van der Waals surface area (Å²) < 4.78 is 28.7. The second-order valence-corrected chi connectivity index (χ2v) is 7.19. The van der Waals surface area contributed by atoms with Crippen molar-refractivity contribution in [1.29, 1.82) is 0 Å². The molecule has 6 heteroatoms. The Morgan fingerprint density at radius 3 is 2.15 bits per heavy atom. The molecule has 0 N–H and O–H groups in total. The molecule has 3 unspecified atom stereocenters. The van der Waals surface area contributed by atoms with Crippen molar-refractivity contribution in [1.82, 2.24) is 0 Å². The highest BCUT2D eigenvalue weighted by molar-refractivity contribution is 4.61. The van der Waals surface area contributed by atoms with E-state index in [0.29, 0.717) is 39.3 Å². The monoisotopic (exact) mass is 377 g/mol. The van der Waals surface area contributed by atoms with E-state index in [1.165, 1.54) is 0 Å². The first kappa shape index (κ1) is 25.8. The maximum atomic E-state index is 11.6. The van der Waals surface area contributed by atoms with E-state index in [2.05, 4.69) is 6.92 Å². The minimum atomic E-state index is -0.994. The molecule has 26 heavy (non-hydrogen) atoms. The standard InChI is InChI=1S/C20H41O6/c1-8-13-24-20(23-9-2,26-17(5)6)12-10-14-22-15-11-18(7)25-19(21)16(3)4/h16-19H,8-15H2,1-7H3. The lowest BCUT2D eigenvalue weighted by atomic mass is 10.2. The second kappa shape index (κ2) is 14.8. The van der Waals surface area contributed by atoms with Crippen molar-refractivity contribution in [2.24, 2.45) is 5.92 Å². The van der Waals surface area contributed by atoms with Gasteiger partial charge >= 0.3 is 0 Å². The van der Waals surface area contributed by atoms with Crippen molar-refractivity contribution in [3.05, 3.63) is 0 Å². The molecule has 0 aliphatic carbocycles. The SMILES string of the molecule is CCCOC(CCCOCCC(C)OC([O])C(C)C)(OCC)OC(C)C. The lowest BCUT2D eigenvalue weighted by Crippen LogP contribution is -2.42. The topological polar surface area (TPSA) is 66.1 Å². The van der Waals surface area contributed by atoms with Crippen LogP contribution in [0.5, 0.6) is 0 Å². The van der Waals surface area contributed by atoms with Crippen molar-refractivity contribution in [3.63, 3.8) is 0 Å². The minimum absolute atomic E-state index is 0.0123. The zero-order valence-corrected chi connectivity index (χ0v) is 17.9. The summed E-state index contributed by atoms with van der Waals surface area (Å²) in [5, 5.41) is 11.6. The van der Waals surface area contributed by atoms with Gasteiger partial charge in [0.05, 0.1) is 18.8 Å². The smallest absolute Gasteiger partial charge is 0.283 e. The first-order valence-electron chi connectivity index (χ1n) is 10.1. The molecule has 6 nitrogen and oxygen atoms in total. The van der Waals surface area contributed by atoms with Gasteiger partial charge in [0.1, 0.15) is 0 Å². The predicted molar refractivity (Wildman–Crippen MR) is 101 cm³/mol. The fourth-order valence-corrected chi connectivity index (χ4v) is 2.35. The zero-order valence-electron chi connectivity index (χ0n) is 17.9. The highest BCUT2D eigenvalue weighted by atomic mass is 16.9. The lowest BCUT2D eigenvalue weighted by molar-refractivity contribution is -0.392. The molecule has 0 saturated carbocycles. The zero-order chi connectivity index (χ0) is 20.0. The molecule has 0 aromatic heterocycles. The van der Waals surface area contributed by atoms with Gasteiger partial charge in [0.2, 0.25) is 0 Å². The van der Waals surface area contributed by atoms with Crippen LogP contribution in [0.2, 0.25) is 0 Å². The Morgan fingerprint density at radius 2 is 1.62 bits per heavy atom. The van der Waals surface area contributed by atoms with Gasteiger partial charge in [-0.2, -0.15) is 0 Å². The van der Waals surface area contributed by atoms with Crippen LogP contribution in [0.4, 0.5) is 0 Å². The van der Waals surface area contributed by atoms with Gasteiger partial charge in [0.15, 0.2) is 6.29 Å². The van der Waals surface area contributed by atoms with Crippen molar-refractivity contribution >= 4 is 0 Å². The van der Waals surface area contributed by atoms with Crippen LogP contribution in [0.15, 0.2) is 0 Å². The van der Waals surface area contributed by atoms with Crippen molar-refractivity contribution < 1.29 is 28.8 Å². The summed E-state index contributed by atoms with van der Waals surface area (Å²) in [5.74, 6) is -1.01. The lowest BCUT2D eigenvalue weighted by Gasteiger charge is -2.34. The van der Waals surface area contributed by atoms with E-state index in [0.717, 1.165) is 12.8 Å². The van der Waals surface area contributed by atoms with E-state index in [9.17, 15) is 5.11 Å².